The molecule has 1 N–H and O–H groups in total. The Bertz CT molecular complexity index is 963. The van der Waals surface area contributed by atoms with E-state index in [1.54, 1.807) is 12.3 Å². The van der Waals surface area contributed by atoms with E-state index in [1.165, 1.54) is 17.4 Å². The van der Waals surface area contributed by atoms with Crippen molar-refractivity contribution < 1.29 is 33.5 Å². The van der Waals surface area contributed by atoms with Crippen LogP contribution in [0.25, 0.3) is 0 Å². The van der Waals surface area contributed by atoms with Gasteiger partial charge in [-0.25, -0.2) is 0 Å². The molecule has 8 unspecified atom stereocenters. The van der Waals surface area contributed by atoms with Crippen molar-refractivity contribution in [2.75, 3.05) is 13.2 Å². The molecule has 2 aromatic carbocycles. The van der Waals surface area contributed by atoms with Gasteiger partial charge in [-0.2, -0.15) is 0 Å². The second-order valence-electron chi connectivity index (χ2n) is 9.71. The van der Waals surface area contributed by atoms with Crippen LogP contribution in [0.1, 0.15) is 41.8 Å². The molecule has 6 rings (SSSR count). The van der Waals surface area contributed by atoms with Crippen LogP contribution in [0.2, 0.25) is 0 Å². The number of hydrogen-bond acceptors (Lipinski definition) is 7. The van der Waals surface area contributed by atoms with Gasteiger partial charge >= 0.3 is 0 Å². The third-order valence-corrected chi connectivity index (χ3v) is 6.84. The largest absolute Gasteiger partial charge is 0.493 e. The highest BCUT2D eigenvalue weighted by molar-refractivity contribution is 5.23. The van der Waals surface area contributed by atoms with E-state index in [2.05, 4.69) is 38.1 Å². The molecule has 7 nitrogen and oxygen atoms in total. The smallest absolute Gasteiger partial charge is 0.184 e. The number of rotatable bonds is 2. The zero-order valence-electron chi connectivity index (χ0n) is 20.9. The fourth-order valence-corrected chi connectivity index (χ4v) is 4.60. The molecule has 4 aliphatic rings. The predicted octanol–water partition coefficient (Wildman–Crippen LogP) is 4.64. The molecule has 0 aromatic heterocycles. The molecule has 4 aliphatic heterocycles. The molecule has 0 radical (unpaired) electrons. The molecular weight excluding hydrogens is 460 g/mol. The van der Waals surface area contributed by atoms with Crippen molar-refractivity contribution in [2.24, 2.45) is 5.92 Å². The van der Waals surface area contributed by atoms with Crippen molar-refractivity contribution in [1.29, 1.82) is 0 Å². The van der Waals surface area contributed by atoms with Crippen molar-refractivity contribution in [3.63, 3.8) is 0 Å². The lowest BCUT2D eigenvalue weighted by atomic mass is 9.97. The number of hydrogen-bond donors (Lipinski definition) is 1. The monoisotopic (exact) mass is 494 g/mol. The topological polar surface area (TPSA) is 75.6 Å². The lowest BCUT2D eigenvalue weighted by Gasteiger charge is -2.40. The highest BCUT2D eigenvalue weighted by atomic mass is 16.7. The first-order valence-corrected chi connectivity index (χ1v) is 12.5. The summed E-state index contributed by atoms with van der Waals surface area (Å²) < 4.78 is 34.1. The Labute approximate surface area is 212 Å². The number of aliphatic hydroxyl groups excluding tert-OH is 1. The Kier molecular flexibility index (Phi) is 7.74. The Balaban J connectivity index is 0.000000148. The Morgan fingerprint density at radius 3 is 1.69 bits per heavy atom. The van der Waals surface area contributed by atoms with Crippen LogP contribution in [0, 0.1) is 19.8 Å². The number of fused-ring (bicyclic) bond motifs is 2. The standard InChI is InChI=1S/C15H18O3.C14H16O4/c1-10-3-5-12(6-4-10)15-17-9-13-14(18-15)11(2)7-8-16-13;1-9-2-4-10(5-3-9)14-17-8-12-13(18-14)11(15)6-7-16-12/h3-8,11,13-15H,9H2,1-2H3;2-7,11-15H,8H2,1H3. The van der Waals surface area contributed by atoms with Crippen LogP contribution in [-0.2, 0) is 28.4 Å². The Morgan fingerprint density at radius 1 is 0.667 bits per heavy atom. The quantitative estimate of drug-likeness (QED) is 0.652. The molecule has 2 aromatic rings. The maximum atomic E-state index is 9.87. The van der Waals surface area contributed by atoms with Gasteiger partial charge in [-0.05, 0) is 26.0 Å². The van der Waals surface area contributed by atoms with Gasteiger partial charge < -0.3 is 33.5 Å². The first kappa shape index (κ1) is 25.0. The molecule has 0 spiro atoms. The van der Waals surface area contributed by atoms with E-state index < -0.39 is 12.4 Å². The van der Waals surface area contributed by atoms with E-state index in [0.29, 0.717) is 19.1 Å². The van der Waals surface area contributed by atoms with E-state index in [1.807, 2.05) is 37.3 Å². The minimum Gasteiger partial charge on any atom is -0.493 e. The summed E-state index contributed by atoms with van der Waals surface area (Å²) in [6, 6.07) is 16.3. The average molecular weight is 495 g/mol. The zero-order chi connectivity index (χ0) is 25.1. The van der Waals surface area contributed by atoms with E-state index in [9.17, 15) is 5.11 Å². The number of aryl methyl sites for hydroxylation is 2. The van der Waals surface area contributed by atoms with Crippen molar-refractivity contribution >= 4 is 0 Å². The minimum absolute atomic E-state index is 0.0201. The molecule has 2 fully saturated rings. The van der Waals surface area contributed by atoms with Gasteiger partial charge in [0.15, 0.2) is 18.7 Å². The molecule has 0 aliphatic carbocycles. The SMILES string of the molecule is Cc1ccc(C2OCC3OC=CC(C)C3O2)cc1.Cc1ccc(C2OCC3OC=CC(O)C3O2)cc1. The summed E-state index contributed by atoms with van der Waals surface area (Å²) in [6.45, 7) is 7.26. The molecular formula is C29H34O7. The van der Waals surface area contributed by atoms with E-state index in [-0.39, 0.29) is 30.7 Å². The molecule has 0 bridgehead atoms. The van der Waals surface area contributed by atoms with Crippen LogP contribution in [0.4, 0.5) is 0 Å². The summed E-state index contributed by atoms with van der Waals surface area (Å²) in [6.07, 6.45) is 5.05. The van der Waals surface area contributed by atoms with Gasteiger partial charge in [0.25, 0.3) is 0 Å². The Hall–Kier alpha value is -2.68. The summed E-state index contributed by atoms with van der Waals surface area (Å²) in [7, 11) is 0. The van der Waals surface area contributed by atoms with E-state index in [0.717, 1.165) is 11.1 Å². The zero-order valence-corrected chi connectivity index (χ0v) is 20.9. The van der Waals surface area contributed by atoms with Crippen molar-refractivity contribution in [2.45, 2.75) is 63.9 Å². The maximum absolute atomic E-state index is 9.87. The van der Waals surface area contributed by atoms with Gasteiger partial charge in [0.1, 0.15) is 24.4 Å². The van der Waals surface area contributed by atoms with Gasteiger partial charge in [0.2, 0.25) is 0 Å². The van der Waals surface area contributed by atoms with Crippen LogP contribution in [0.5, 0.6) is 0 Å². The lowest BCUT2D eigenvalue weighted by Crippen LogP contribution is -2.49. The van der Waals surface area contributed by atoms with Gasteiger partial charge in [0, 0.05) is 17.0 Å². The summed E-state index contributed by atoms with van der Waals surface area (Å²) in [4.78, 5) is 0. The van der Waals surface area contributed by atoms with Gasteiger partial charge in [-0.15, -0.1) is 0 Å². The van der Waals surface area contributed by atoms with Crippen LogP contribution in [0.3, 0.4) is 0 Å². The lowest BCUT2D eigenvalue weighted by molar-refractivity contribution is -0.276. The number of benzene rings is 2. The first-order valence-electron chi connectivity index (χ1n) is 12.5. The molecule has 8 atom stereocenters. The minimum atomic E-state index is -0.638. The number of aliphatic hydroxyl groups is 1. The van der Waals surface area contributed by atoms with Gasteiger partial charge in [0.05, 0.1) is 25.7 Å². The van der Waals surface area contributed by atoms with Crippen molar-refractivity contribution in [3.8, 4) is 0 Å². The molecule has 0 saturated carbocycles. The van der Waals surface area contributed by atoms with Crippen molar-refractivity contribution in [1.82, 2.24) is 0 Å². The van der Waals surface area contributed by atoms with Gasteiger partial charge in [-0.1, -0.05) is 66.6 Å². The highest BCUT2D eigenvalue weighted by Crippen LogP contribution is 2.34. The summed E-state index contributed by atoms with van der Waals surface area (Å²) in [5, 5.41) is 9.87. The molecule has 4 heterocycles. The average Bonchev–Trinajstić information content (AvgIpc) is 2.90. The third-order valence-electron chi connectivity index (χ3n) is 6.84. The molecule has 0 amide bonds. The predicted molar refractivity (Wildman–Crippen MR) is 133 cm³/mol. The fourth-order valence-electron chi connectivity index (χ4n) is 4.60. The summed E-state index contributed by atoms with van der Waals surface area (Å²) in [5.74, 6) is 0.362. The molecule has 2 saturated heterocycles. The molecule has 7 heteroatoms. The summed E-state index contributed by atoms with van der Waals surface area (Å²) in [5.41, 5.74) is 4.46. The summed E-state index contributed by atoms with van der Waals surface area (Å²) >= 11 is 0. The fraction of sp³-hybridized carbons (Fsp3) is 0.448. The molecule has 192 valence electrons. The van der Waals surface area contributed by atoms with E-state index in [4.69, 9.17) is 28.4 Å². The second kappa shape index (κ2) is 11.2. The van der Waals surface area contributed by atoms with Gasteiger partial charge in [-0.3, -0.25) is 0 Å². The third kappa shape index (κ3) is 5.66. The van der Waals surface area contributed by atoms with Crippen LogP contribution >= 0.6 is 0 Å². The first-order chi connectivity index (χ1) is 17.5. The maximum Gasteiger partial charge on any atom is 0.184 e. The van der Waals surface area contributed by atoms with E-state index >= 15 is 0 Å². The Morgan fingerprint density at radius 2 is 1.14 bits per heavy atom. The normalized spacial score (nSPS) is 34.8. The molecule has 36 heavy (non-hydrogen) atoms. The van der Waals surface area contributed by atoms with Crippen LogP contribution < -0.4 is 0 Å². The van der Waals surface area contributed by atoms with Crippen LogP contribution in [0.15, 0.2) is 73.2 Å². The van der Waals surface area contributed by atoms with Crippen LogP contribution in [-0.4, -0.2) is 48.8 Å². The highest BCUT2D eigenvalue weighted by Gasteiger charge is 2.40. The second-order valence-corrected chi connectivity index (χ2v) is 9.71. The van der Waals surface area contributed by atoms with Crippen molar-refractivity contribution in [3.05, 3.63) is 95.5 Å². The number of ether oxygens (including phenoxy) is 6.